The summed E-state index contributed by atoms with van der Waals surface area (Å²) in [4.78, 5) is 28.8. The predicted octanol–water partition coefficient (Wildman–Crippen LogP) is 2.40. The van der Waals surface area contributed by atoms with Crippen LogP contribution in [0.25, 0.3) is 0 Å². The van der Waals surface area contributed by atoms with Crippen LogP contribution in [0.4, 0.5) is 0 Å². The van der Waals surface area contributed by atoms with Gasteiger partial charge in [0.1, 0.15) is 29.6 Å². The summed E-state index contributed by atoms with van der Waals surface area (Å²) < 4.78 is 24.2. The number of carbonyl (C=O) groups excluding carboxylic acids is 2. The number of aromatic nitrogens is 1. The number of aromatic amines is 1. The average Bonchev–Trinajstić information content (AvgIpc) is 3.46. The van der Waals surface area contributed by atoms with Crippen LogP contribution in [-0.4, -0.2) is 76.5 Å². The summed E-state index contributed by atoms with van der Waals surface area (Å²) in [5.74, 6) is -2.49. The van der Waals surface area contributed by atoms with Crippen molar-refractivity contribution in [3.63, 3.8) is 0 Å². The lowest BCUT2D eigenvalue weighted by Gasteiger charge is -2.48. The van der Waals surface area contributed by atoms with Crippen molar-refractivity contribution < 1.29 is 38.7 Å². The molecule has 9 heteroatoms. The van der Waals surface area contributed by atoms with Crippen LogP contribution in [0.2, 0.25) is 0 Å². The zero-order valence-electron chi connectivity index (χ0n) is 21.9. The van der Waals surface area contributed by atoms with Crippen molar-refractivity contribution in [2.45, 2.75) is 76.3 Å². The first-order valence-electron chi connectivity index (χ1n) is 13.1. The zero-order chi connectivity index (χ0) is 26.6. The Kier molecular flexibility index (Phi) is 6.85. The van der Waals surface area contributed by atoms with Gasteiger partial charge in [0.25, 0.3) is 0 Å². The molecular weight excluding hydrogens is 478 g/mol. The molecule has 5 rings (SSSR count). The Morgan fingerprint density at radius 3 is 2.70 bits per heavy atom. The quantitative estimate of drug-likeness (QED) is 0.412. The van der Waals surface area contributed by atoms with E-state index < -0.39 is 54.2 Å². The molecule has 2 fully saturated rings. The summed E-state index contributed by atoms with van der Waals surface area (Å²) >= 11 is 0. The molecule has 2 aliphatic carbocycles. The minimum absolute atomic E-state index is 0.175. The van der Waals surface area contributed by atoms with Gasteiger partial charge in [0.2, 0.25) is 0 Å². The van der Waals surface area contributed by atoms with Gasteiger partial charge in [-0.1, -0.05) is 32.1 Å². The minimum Gasteiger partial charge on any atom is -0.457 e. The normalized spacial score (nSPS) is 45.3. The van der Waals surface area contributed by atoms with Crippen LogP contribution in [0.5, 0.6) is 0 Å². The van der Waals surface area contributed by atoms with Crippen LogP contribution in [0, 0.1) is 29.6 Å². The lowest BCUT2D eigenvalue weighted by atomic mass is 9.57. The maximum atomic E-state index is 13.1. The van der Waals surface area contributed by atoms with E-state index in [-0.39, 0.29) is 36.0 Å². The van der Waals surface area contributed by atoms with Crippen molar-refractivity contribution in [2.24, 2.45) is 29.6 Å². The zero-order valence-corrected chi connectivity index (χ0v) is 21.9. The second kappa shape index (κ2) is 9.69. The number of hydrogen-bond donors (Lipinski definition) is 3. The topological polar surface area (TPSA) is 127 Å². The number of cyclic esters (lactones) is 1. The third-order valence-corrected chi connectivity index (χ3v) is 8.94. The molecule has 0 amide bonds. The Bertz CT molecular complexity index is 1080. The van der Waals surface area contributed by atoms with Crippen molar-refractivity contribution >= 4 is 11.9 Å². The van der Waals surface area contributed by atoms with Crippen LogP contribution < -0.4 is 0 Å². The number of hydrogen-bond acceptors (Lipinski definition) is 8. The SMILES string of the molecule is CO[C@H]1C[C@H]2C=C[C@H]3[C@H]4O[C@@]2(/C(C)=C\[C@H](C)[C@@H]([C@@H](C)O)OC1=O)[C@H]3[C@H](O)[C@H](C)[C@@H]4OC(=O)c1ccc[nH]1. The Labute approximate surface area is 216 Å². The van der Waals surface area contributed by atoms with Crippen LogP contribution in [0.1, 0.15) is 44.6 Å². The smallest absolute Gasteiger partial charge is 0.355 e. The molecule has 1 saturated heterocycles. The first kappa shape index (κ1) is 26.2. The van der Waals surface area contributed by atoms with Gasteiger partial charge in [-0.05, 0) is 38.0 Å². The van der Waals surface area contributed by atoms with Gasteiger partial charge in [-0.25, -0.2) is 9.59 Å². The fourth-order valence-corrected chi connectivity index (χ4v) is 7.14. The molecule has 3 N–H and O–H groups in total. The molecule has 202 valence electrons. The number of aliphatic hydroxyl groups is 2. The second-order valence-electron chi connectivity index (χ2n) is 11.1. The summed E-state index contributed by atoms with van der Waals surface area (Å²) in [5.41, 5.74) is 0.301. The molecule has 9 nitrogen and oxygen atoms in total. The Morgan fingerprint density at radius 1 is 1.30 bits per heavy atom. The highest BCUT2D eigenvalue weighted by Crippen LogP contribution is 2.61. The molecule has 0 radical (unpaired) electrons. The summed E-state index contributed by atoms with van der Waals surface area (Å²) in [6.07, 6.45) is 3.53. The van der Waals surface area contributed by atoms with Gasteiger partial charge in [-0.15, -0.1) is 0 Å². The highest BCUT2D eigenvalue weighted by Gasteiger charge is 2.69. The molecule has 1 aromatic rings. The van der Waals surface area contributed by atoms with Crippen LogP contribution in [0.15, 0.2) is 42.1 Å². The van der Waals surface area contributed by atoms with Gasteiger partial charge in [-0.3, -0.25) is 0 Å². The molecule has 4 bridgehead atoms. The van der Waals surface area contributed by atoms with Gasteiger partial charge in [0, 0.05) is 42.9 Å². The molecule has 0 aromatic carbocycles. The monoisotopic (exact) mass is 515 g/mol. The number of ether oxygens (including phenoxy) is 4. The van der Waals surface area contributed by atoms with Gasteiger partial charge >= 0.3 is 11.9 Å². The summed E-state index contributed by atoms with van der Waals surface area (Å²) in [6.45, 7) is 7.35. The predicted molar refractivity (Wildman–Crippen MR) is 132 cm³/mol. The number of nitrogens with one attached hydrogen (secondary N) is 1. The van der Waals surface area contributed by atoms with E-state index in [0.29, 0.717) is 5.69 Å². The van der Waals surface area contributed by atoms with E-state index in [9.17, 15) is 19.8 Å². The Morgan fingerprint density at radius 2 is 2.05 bits per heavy atom. The molecule has 1 aromatic heterocycles. The average molecular weight is 516 g/mol. The van der Waals surface area contributed by atoms with E-state index in [1.165, 1.54) is 7.11 Å². The van der Waals surface area contributed by atoms with Crippen molar-refractivity contribution in [3.05, 3.63) is 47.8 Å². The molecule has 1 spiro atoms. The van der Waals surface area contributed by atoms with Crippen molar-refractivity contribution in [1.29, 1.82) is 0 Å². The fraction of sp³-hybridized carbons (Fsp3) is 0.643. The molecule has 3 heterocycles. The summed E-state index contributed by atoms with van der Waals surface area (Å²) in [5, 5.41) is 22.1. The first-order chi connectivity index (χ1) is 17.6. The van der Waals surface area contributed by atoms with Gasteiger partial charge in [0.15, 0.2) is 6.10 Å². The van der Waals surface area contributed by atoms with Crippen molar-refractivity contribution in [3.8, 4) is 0 Å². The molecule has 37 heavy (non-hydrogen) atoms. The Hall–Kier alpha value is -2.46. The number of carbonyl (C=O) groups is 2. The third-order valence-electron chi connectivity index (χ3n) is 8.94. The third kappa shape index (κ3) is 4.07. The van der Waals surface area contributed by atoms with E-state index in [1.807, 2.05) is 39.0 Å². The Balaban J connectivity index is 1.58. The molecule has 0 unspecified atom stereocenters. The number of rotatable bonds is 4. The lowest BCUT2D eigenvalue weighted by molar-refractivity contribution is -0.172. The van der Waals surface area contributed by atoms with Crippen molar-refractivity contribution in [2.75, 3.05) is 7.11 Å². The number of methoxy groups -OCH3 is 1. The van der Waals surface area contributed by atoms with E-state index in [0.717, 1.165) is 5.57 Å². The van der Waals surface area contributed by atoms with Crippen molar-refractivity contribution in [1.82, 2.24) is 4.98 Å². The van der Waals surface area contributed by atoms with Gasteiger partial charge in [0.05, 0.1) is 12.2 Å². The first-order valence-corrected chi connectivity index (χ1v) is 13.1. The van der Waals surface area contributed by atoms with Gasteiger partial charge in [-0.2, -0.15) is 0 Å². The van der Waals surface area contributed by atoms with Gasteiger partial charge < -0.3 is 34.1 Å². The van der Waals surface area contributed by atoms with E-state index in [2.05, 4.69) is 4.98 Å². The second-order valence-corrected chi connectivity index (χ2v) is 11.1. The largest absolute Gasteiger partial charge is 0.457 e. The molecule has 2 aliphatic heterocycles. The van der Waals surface area contributed by atoms with E-state index in [4.69, 9.17) is 18.9 Å². The number of aliphatic hydroxyl groups excluding tert-OH is 2. The van der Waals surface area contributed by atoms with E-state index >= 15 is 0 Å². The standard InChI is InChI=1S/C28H37NO8/c1-13-11-14(2)28-17(12-20(34-5)27(33)35-23(13)16(4)30)8-9-18-21(28)22(31)15(3)24(25(18)37-28)36-26(32)19-7-6-10-29-19/h6-11,13,15-18,20-25,29-31H,12H2,1-5H3/b14-11-/t13-,15-,16+,17+,18+,20-,21+,22+,23-,24-,25+,28+/m0/s1. The summed E-state index contributed by atoms with van der Waals surface area (Å²) in [7, 11) is 1.46. The number of esters is 2. The van der Waals surface area contributed by atoms with Crippen LogP contribution >= 0.6 is 0 Å². The van der Waals surface area contributed by atoms with Crippen LogP contribution in [0.3, 0.4) is 0 Å². The maximum absolute atomic E-state index is 13.1. The number of H-pyrrole nitrogens is 1. The van der Waals surface area contributed by atoms with Crippen LogP contribution in [-0.2, 0) is 23.7 Å². The lowest BCUT2D eigenvalue weighted by Crippen LogP contribution is -2.57. The van der Waals surface area contributed by atoms with E-state index in [1.54, 1.807) is 25.3 Å². The molecule has 12 atom stereocenters. The highest BCUT2D eigenvalue weighted by molar-refractivity contribution is 5.87. The molecule has 1 saturated carbocycles. The maximum Gasteiger partial charge on any atom is 0.355 e. The minimum atomic E-state index is -0.933. The molecule has 4 aliphatic rings. The fourth-order valence-electron chi connectivity index (χ4n) is 7.14. The summed E-state index contributed by atoms with van der Waals surface area (Å²) in [6, 6.07) is 3.37. The molecular formula is C28H37NO8. The highest BCUT2D eigenvalue weighted by atomic mass is 16.6.